The molecule has 0 heterocycles. The van der Waals surface area contributed by atoms with Crippen LogP contribution in [0.4, 0.5) is 5.69 Å². The second-order valence-electron chi connectivity index (χ2n) is 7.47. The average molecular weight is 395 g/mol. The normalized spacial score (nSPS) is 14.2. The topological polar surface area (TPSA) is 64.6 Å². The number of aryl methyl sites for hydroxylation is 1. The van der Waals surface area contributed by atoms with Crippen LogP contribution in [0.2, 0.25) is 0 Å². The van der Waals surface area contributed by atoms with Gasteiger partial charge in [-0.05, 0) is 74.1 Å². The van der Waals surface area contributed by atoms with Crippen molar-refractivity contribution in [3.63, 3.8) is 0 Å². The lowest BCUT2D eigenvalue weighted by atomic mass is 9.98. The third-order valence-electron chi connectivity index (χ3n) is 5.06. The Balaban J connectivity index is 1.44. The van der Waals surface area contributed by atoms with Crippen molar-refractivity contribution in [3.8, 4) is 5.75 Å². The van der Waals surface area contributed by atoms with Crippen LogP contribution in [0.15, 0.2) is 48.5 Å². The zero-order valence-electron chi connectivity index (χ0n) is 17.0. The Bertz CT molecular complexity index is 793. The molecule has 0 atom stereocenters. The number of rotatable bonds is 8. The first-order chi connectivity index (χ1) is 14.1. The highest BCUT2D eigenvalue weighted by molar-refractivity contribution is 5.93. The molecular formula is C24H29NO4. The summed E-state index contributed by atoms with van der Waals surface area (Å²) in [5.41, 5.74) is 2.37. The first-order valence-corrected chi connectivity index (χ1v) is 10.5. The van der Waals surface area contributed by atoms with E-state index in [1.165, 1.54) is 12.0 Å². The number of benzene rings is 2. The van der Waals surface area contributed by atoms with Gasteiger partial charge in [0.1, 0.15) is 11.9 Å². The van der Waals surface area contributed by atoms with Gasteiger partial charge in [-0.1, -0.05) is 31.9 Å². The van der Waals surface area contributed by atoms with Crippen molar-refractivity contribution in [1.82, 2.24) is 0 Å². The standard InChI is InChI=1S/C24H29NO4/c1-2-6-18-9-15-21(16-10-18)28-17-23(26)25-20-13-11-19(12-14-20)24(27)29-22-7-4-3-5-8-22/h9-16,22H,2-8,17H2,1H3,(H,25,26). The summed E-state index contributed by atoms with van der Waals surface area (Å²) in [7, 11) is 0. The molecule has 3 rings (SSSR count). The van der Waals surface area contributed by atoms with Crippen molar-refractivity contribution in [2.24, 2.45) is 0 Å². The van der Waals surface area contributed by atoms with E-state index in [1.54, 1.807) is 24.3 Å². The fraction of sp³-hybridized carbons (Fsp3) is 0.417. The maximum atomic E-state index is 12.2. The van der Waals surface area contributed by atoms with Crippen LogP contribution >= 0.6 is 0 Å². The summed E-state index contributed by atoms with van der Waals surface area (Å²) in [5.74, 6) is 0.116. The molecule has 2 aromatic rings. The molecule has 0 unspecified atom stereocenters. The molecule has 29 heavy (non-hydrogen) atoms. The molecule has 1 aliphatic carbocycles. The van der Waals surface area contributed by atoms with Gasteiger partial charge < -0.3 is 14.8 Å². The van der Waals surface area contributed by atoms with Crippen LogP contribution in [0.5, 0.6) is 5.75 Å². The van der Waals surface area contributed by atoms with E-state index in [9.17, 15) is 9.59 Å². The third kappa shape index (κ3) is 6.63. The van der Waals surface area contributed by atoms with Crippen molar-refractivity contribution in [2.45, 2.75) is 58.0 Å². The van der Waals surface area contributed by atoms with Gasteiger partial charge in [0.15, 0.2) is 6.61 Å². The molecule has 2 aromatic carbocycles. The number of anilines is 1. The van der Waals surface area contributed by atoms with Crippen LogP contribution < -0.4 is 10.1 Å². The molecule has 5 nitrogen and oxygen atoms in total. The fourth-order valence-electron chi connectivity index (χ4n) is 3.48. The summed E-state index contributed by atoms with van der Waals surface area (Å²) < 4.78 is 11.1. The van der Waals surface area contributed by atoms with Gasteiger partial charge in [0.2, 0.25) is 0 Å². The monoisotopic (exact) mass is 395 g/mol. The molecule has 1 fully saturated rings. The molecule has 0 bridgehead atoms. The van der Waals surface area contributed by atoms with Gasteiger partial charge in [-0.2, -0.15) is 0 Å². The van der Waals surface area contributed by atoms with E-state index < -0.39 is 0 Å². The van der Waals surface area contributed by atoms with E-state index in [0.717, 1.165) is 38.5 Å². The second-order valence-corrected chi connectivity index (χ2v) is 7.47. The molecule has 0 aliphatic heterocycles. The van der Waals surface area contributed by atoms with E-state index >= 15 is 0 Å². The minimum atomic E-state index is -0.301. The molecule has 1 aliphatic rings. The Morgan fingerprint density at radius 1 is 0.966 bits per heavy atom. The van der Waals surface area contributed by atoms with E-state index in [0.29, 0.717) is 17.0 Å². The lowest BCUT2D eigenvalue weighted by Crippen LogP contribution is -2.21. The van der Waals surface area contributed by atoms with Crippen molar-refractivity contribution in [2.75, 3.05) is 11.9 Å². The average Bonchev–Trinajstić information content (AvgIpc) is 2.75. The Hall–Kier alpha value is -2.82. The van der Waals surface area contributed by atoms with Crippen molar-refractivity contribution < 1.29 is 19.1 Å². The number of ether oxygens (including phenoxy) is 2. The van der Waals surface area contributed by atoms with Gasteiger partial charge in [-0.15, -0.1) is 0 Å². The van der Waals surface area contributed by atoms with Crippen LogP contribution in [-0.2, 0) is 16.0 Å². The van der Waals surface area contributed by atoms with Gasteiger partial charge in [-0.3, -0.25) is 4.79 Å². The summed E-state index contributed by atoms with van der Waals surface area (Å²) in [5, 5.41) is 2.78. The molecule has 1 saturated carbocycles. The first-order valence-electron chi connectivity index (χ1n) is 10.5. The number of hydrogen-bond donors (Lipinski definition) is 1. The van der Waals surface area contributed by atoms with Crippen molar-refractivity contribution in [1.29, 1.82) is 0 Å². The molecular weight excluding hydrogens is 366 g/mol. The molecule has 1 N–H and O–H groups in total. The Morgan fingerprint density at radius 3 is 2.31 bits per heavy atom. The predicted molar refractivity (Wildman–Crippen MR) is 113 cm³/mol. The van der Waals surface area contributed by atoms with E-state index in [1.807, 2.05) is 24.3 Å². The third-order valence-corrected chi connectivity index (χ3v) is 5.06. The smallest absolute Gasteiger partial charge is 0.338 e. The molecule has 0 radical (unpaired) electrons. The Kier molecular flexibility index (Phi) is 7.68. The summed E-state index contributed by atoms with van der Waals surface area (Å²) in [6.07, 6.45) is 7.51. The number of nitrogens with one attached hydrogen (secondary N) is 1. The molecule has 0 spiro atoms. The largest absolute Gasteiger partial charge is 0.484 e. The zero-order valence-corrected chi connectivity index (χ0v) is 17.0. The number of amides is 1. The van der Waals surface area contributed by atoms with Crippen LogP contribution in [0.3, 0.4) is 0 Å². The van der Waals surface area contributed by atoms with Gasteiger partial charge in [0.25, 0.3) is 5.91 Å². The lowest BCUT2D eigenvalue weighted by Gasteiger charge is -2.21. The summed E-state index contributed by atoms with van der Waals surface area (Å²) in [6.45, 7) is 2.07. The Morgan fingerprint density at radius 2 is 1.66 bits per heavy atom. The quantitative estimate of drug-likeness (QED) is 0.628. The van der Waals surface area contributed by atoms with Crippen LogP contribution in [0.25, 0.3) is 0 Å². The summed E-state index contributed by atoms with van der Waals surface area (Å²) in [6, 6.07) is 14.5. The lowest BCUT2D eigenvalue weighted by molar-refractivity contribution is -0.118. The van der Waals surface area contributed by atoms with Crippen LogP contribution in [0.1, 0.15) is 61.4 Å². The minimum absolute atomic E-state index is 0.0313. The number of esters is 1. The summed E-state index contributed by atoms with van der Waals surface area (Å²) >= 11 is 0. The van der Waals surface area contributed by atoms with Crippen LogP contribution in [0, 0.1) is 0 Å². The van der Waals surface area contributed by atoms with Crippen molar-refractivity contribution >= 4 is 17.6 Å². The highest BCUT2D eigenvalue weighted by Gasteiger charge is 2.18. The van der Waals surface area contributed by atoms with Gasteiger partial charge >= 0.3 is 5.97 Å². The summed E-state index contributed by atoms with van der Waals surface area (Å²) in [4.78, 5) is 24.4. The van der Waals surface area contributed by atoms with E-state index in [-0.39, 0.29) is 24.6 Å². The molecule has 154 valence electrons. The van der Waals surface area contributed by atoms with Gasteiger partial charge in [0, 0.05) is 5.69 Å². The molecule has 1 amide bonds. The Labute approximate surface area is 172 Å². The SMILES string of the molecule is CCCc1ccc(OCC(=O)Nc2ccc(C(=O)OC3CCCCC3)cc2)cc1. The second kappa shape index (κ2) is 10.6. The first kappa shape index (κ1) is 20.9. The molecule has 0 saturated heterocycles. The highest BCUT2D eigenvalue weighted by Crippen LogP contribution is 2.22. The number of carbonyl (C=O) groups is 2. The maximum Gasteiger partial charge on any atom is 0.338 e. The fourth-order valence-corrected chi connectivity index (χ4v) is 3.48. The predicted octanol–water partition coefficient (Wildman–Crippen LogP) is 5.15. The van der Waals surface area contributed by atoms with E-state index in [4.69, 9.17) is 9.47 Å². The van der Waals surface area contributed by atoms with Crippen molar-refractivity contribution in [3.05, 3.63) is 59.7 Å². The minimum Gasteiger partial charge on any atom is -0.484 e. The van der Waals surface area contributed by atoms with E-state index in [2.05, 4.69) is 12.2 Å². The van der Waals surface area contributed by atoms with Gasteiger partial charge in [-0.25, -0.2) is 4.79 Å². The van der Waals surface area contributed by atoms with Gasteiger partial charge in [0.05, 0.1) is 5.56 Å². The van der Waals surface area contributed by atoms with Crippen LogP contribution in [-0.4, -0.2) is 24.6 Å². The maximum absolute atomic E-state index is 12.2. The molecule has 5 heteroatoms. The number of carbonyl (C=O) groups excluding carboxylic acids is 2. The molecule has 0 aromatic heterocycles. The zero-order chi connectivity index (χ0) is 20.5. The highest BCUT2D eigenvalue weighted by atomic mass is 16.5. The number of hydrogen-bond acceptors (Lipinski definition) is 4.